The SMILES string of the molecule is CCOc1ccc(N2C(SC)=NC(=Nc3c(C)cccc3C)C23CCCCC3)cc1. The molecule has 2 aliphatic rings. The molecule has 30 heavy (non-hydrogen) atoms. The minimum Gasteiger partial charge on any atom is -0.494 e. The van der Waals surface area contributed by atoms with E-state index in [-0.39, 0.29) is 5.54 Å². The number of aliphatic imine (C=N–C) groups is 2. The number of ether oxygens (including phenoxy) is 1. The summed E-state index contributed by atoms with van der Waals surface area (Å²) in [4.78, 5) is 12.7. The molecule has 5 heteroatoms. The Morgan fingerprint density at radius 3 is 2.30 bits per heavy atom. The number of rotatable bonds is 4. The van der Waals surface area contributed by atoms with E-state index < -0.39 is 0 Å². The van der Waals surface area contributed by atoms with Gasteiger partial charge in [0.25, 0.3) is 0 Å². The van der Waals surface area contributed by atoms with Crippen molar-refractivity contribution < 1.29 is 4.74 Å². The third kappa shape index (κ3) is 3.76. The molecule has 0 N–H and O–H groups in total. The second kappa shape index (κ2) is 8.84. The Labute approximate surface area is 184 Å². The lowest BCUT2D eigenvalue weighted by Crippen LogP contribution is -2.52. The lowest BCUT2D eigenvalue weighted by atomic mass is 9.79. The fraction of sp³-hybridized carbons (Fsp3) is 0.440. The Hall–Kier alpha value is -2.27. The van der Waals surface area contributed by atoms with Crippen LogP contribution in [0.3, 0.4) is 0 Å². The average molecular weight is 422 g/mol. The topological polar surface area (TPSA) is 37.2 Å². The average Bonchev–Trinajstić information content (AvgIpc) is 3.04. The predicted octanol–water partition coefficient (Wildman–Crippen LogP) is 6.67. The van der Waals surface area contributed by atoms with Gasteiger partial charge < -0.3 is 9.64 Å². The van der Waals surface area contributed by atoms with Crippen LogP contribution in [0.2, 0.25) is 0 Å². The van der Waals surface area contributed by atoms with Crippen LogP contribution in [0.1, 0.15) is 50.2 Å². The van der Waals surface area contributed by atoms with Crippen molar-refractivity contribution in [1.82, 2.24) is 0 Å². The zero-order valence-corrected chi connectivity index (χ0v) is 19.3. The lowest BCUT2D eigenvalue weighted by Gasteiger charge is -2.42. The summed E-state index contributed by atoms with van der Waals surface area (Å²) in [5.41, 5.74) is 4.47. The molecule has 158 valence electrons. The molecule has 1 heterocycles. The first kappa shape index (κ1) is 21.0. The predicted molar refractivity (Wildman–Crippen MR) is 130 cm³/mol. The van der Waals surface area contributed by atoms with Crippen molar-refractivity contribution in [3.63, 3.8) is 0 Å². The van der Waals surface area contributed by atoms with Gasteiger partial charge in [-0.25, -0.2) is 9.98 Å². The Morgan fingerprint density at radius 2 is 1.70 bits per heavy atom. The highest BCUT2D eigenvalue weighted by Gasteiger charge is 2.49. The number of aryl methyl sites for hydroxylation is 2. The van der Waals surface area contributed by atoms with E-state index in [4.69, 9.17) is 14.7 Å². The Bertz CT molecular complexity index is 939. The summed E-state index contributed by atoms with van der Waals surface area (Å²) >= 11 is 1.70. The van der Waals surface area contributed by atoms with Crippen LogP contribution in [0.25, 0.3) is 0 Å². The van der Waals surface area contributed by atoms with Gasteiger partial charge >= 0.3 is 0 Å². The molecule has 0 aromatic heterocycles. The number of para-hydroxylation sites is 1. The minimum atomic E-state index is -0.168. The smallest absolute Gasteiger partial charge is 0.170 e. The molecule has 1 aliphatic carbocycles. The third-order valence-electron chi connectivity index (χ3n) is 6.16. The van der Waals surface area contributed by atoms with E-state index >= 15 is 0 Å². The largest absolute Gasteiger partial charge is 0.494 e. The monoisotopic (exact) mass is 421 g/mol. The van der Waals surface area contributed by atoms with Gasteiger partial charge in [0.2, 0.25) is 0 Å². The molecule has 1 saturated carbocycles. The van der Waals surface area contributed by atoms with Crippen molar-refractivity contribution in [3.8, 4) is 5.75 Å². The maximum atomic E-state index is 5.66. The Morgan fingerprint density at radius 1 is 1.03 bits per heavy atom. The maximum Gasteiger partial charge on any atom is 0.170 e. The molecule has 1 spiro atoms. The Balaban J connectivity index is 1.82. The second-order valence-electron chi connectivity index (χ2n) is 8.13. The molecule has 1 aliphatic heterocycles. The van der Waals surface area contributed by atoms with E-state index in [2.05, 4.69) is 67.5 Å². The van der Waals surface area contributed by atoms with Crippen LogP contribution in [0.15, 0.2) is 52.4 Å². The van der Waals surface area contributed by atoms with E-state index in [1.54, 1.807) is 11.8 Å². The number of hydrogen-bond donors (Lipinski definition) is 0. The standard InChI is InChI=1S/C25H31N3OS/c1-5-29-21-14-12-20(13-15-21)28-24(30-4)27-23(25(28)16-7-6-8-17-25)26-22-18(2)10-9-11-19(22)3/h9-15H,5-8,16-17H2,1-4H3. The molecule has 0 atom stereocenters. The quantitative estimate of drug-likeness (QED) is 0.553. The molecule has 1 fully saturated rings. The second-order valence-corrected chi connectivity index (χ2v) is 8.90. The van der Waals surface area contributed by atoms with Crippen LogP contribution >= 0.6 is 11.8 Å². The van der Waals surface area contributed by atoms with Crippen LogP contribution in [0, 0.1) is 13.8 Å². The summed E-state index contributed by atoms with van der Waals surface area (Å²) in [5.74, 6) is 1.88. The third-order valence-corrected chi connectivity index (χ3v) is 6.80. The van der Waals surface area contributed by atoms with Crippen molar-refractivity contribution in [2.75, 3.05) is 17.8 Å². The molecule has 4 rings (SSSR count). The molecule has 0 saturated heterocycles. The van der Waals surface area contributed by atoms with Gasteiger partial charge in [-0.15, -0.1) is 0 Å². The lowest BCUT2D eigenvalue weighted by molar-refractivity contribution is 0.340. The summed E-state index contributed by atoms with van der Waals surface area (Å²) in [6.45, 7) is 6.97. The van der Waals surface area contributed by atoms with Gasteiger partial charge in [-0.3, -0.25) is 0 Å². The normalized spacial score (nSPS) is 19.4. The van der Waals surface area contributed by atoms with Crippen molar-refractivity contribution in [2.45, 2.75) is 58.4 Å². The molecule has 2 aromatic rings. The summed E-state index contributed by atoms with van der Waals surface area (Å²) < 4.78 is 5.66. The van der Waals surface area contributed by atoms with Crippen molar-refractivity contribution in [1.29, 1.82) is 0 Å². The fourth-order valence-corrected chi connectivity index (χ4v) is 5.32. The van der Waals surface area contributed by atoms with Gasteiger partial charge in [-0.1, -0.05) is 49.2 Å². The van der Waals surface area contributed by atoms with Crippen LogP contribution < -0.4 is 9.64 Å². The maximum absolute atomic E-state index is 5.66. The van der Waals surface area contributed by atoms with Gasteiger partial charge in [-0.2, -0.15) is 0 Å². The number of amidine groups is 2. The van der Waals surface area contributed by atoms with Gasteiger partial charge in [0, 0.05) is 5.69 Å². The highest BCUT2D eigenvalue weighted by atomic mass is 32.2. The first-order chi connectivity index (χ1) is 14.6. The molecular formula is C25H31N3OS. The summed E-state index contributed by atoms with van der Waals surface area (Å²) in [5, 5.41) is 1.03. The summed E-state index contributed by atoms with van der Waals surface area (Å²) in [6, 6.07) is 14.8. The first-order valence-electron chi connectivity index (χ1n) is 10.9. The highest BCUT2D eigenvalue weighted by Crippen LogP contribution is 2.45. The van der Waals surface area contributed by atoms with E-state index in [1.165, 1.54) is 36.1 Å². The van der Waals surface area contributed by atoms with E-state index in [1.807, 2.05) is 6.92 Å². The van der Waals surface area contributed by atoms with Gasteiger partial charge in [-0.05, 0) is 75.3 Å². The zero-order valence-electron chi connectivity index (χ0n) is 18.4. The Kier molecular flexibility index (Phi) is 6.19. The molecular weight excluding hydrogens is 390 g/mol. The minimum absolute atomic E-state index is 0.168. The van der Waals surface area contributed by atoms with E-state index in [0.717, 1.165) is 35.3 Å². The number of anilines is 1. The van der Waals surface area contributed by atoms with Crippen LogP contribution in [0.4, 0.5) is 11.4 Å². The molecule has 0 unspecified atom stereocenters. The molecule has 4 nitrogen and oxygen atoms in total. The molecule has 2 aromatic carbocycles. The molecule has 0 bridgehead atoms. The number of benzene rings is 2. The van der Waals surface area contributed by atoms with Gasteiger partial charge in [0.1, 0.15) is 11.3 Å². The summed E-state index contributed by atoms with van der Waals surface area (Å²) in [7, 11) is 0. The highest BCUT2D eigenvalue weighted by molar-refractivity contribution is 8.13. The van der Waals surface area contributed by atoms with Gasteiger partial charge in [0.05, 0.1) is 12.3 Å². The zero-order chi connectivity index (χ0) is 21.1. The fourth-order valence-electron chi connectivity index (χ4n) is 4.68. The molecule has 0 amide bonds. The van der Waals surface area contributed by atoms with Crippen molar-refractivity contribution >= 4 is 34.1 Å². The number of thioether (sulfide) groups is 1. The van der Waals surface area contributed by atoms with E-state index in [0.29, 0.717) is 6.61 Å². The van der Waals surface area contributed by atoms with Crippen LogP contribution in [-0.2, 0) is 0 Å². The number of hydrogen-bond acceptors (Lipinski definition) is 4. The van der Waals surface area contributed by atoms with E-state index in [9.17, 15) is 0 Å². The van der Waals surface area contributed by atoms with Crippen molar-refractivity contribution in [2.24, 2.45) is 9.98 Å². The van der Waals surface area contributed by atoms with Gasteiger partial charge in [0.15, 0.2) is 11.0 Å². The molecule has 0 radical (unpaired) electrons. The summed E-state index contributed by atoms with van der Waals surface area (Å²) in [6.07, 6.45) is 7.96. The number of nitrogens with zero attached hydrogens (tertiary/aromatic N) is 3. The first-order valence-corrected chi connectivity index (χ1v) is 12.1. The van der Waals surface area contributed by atoms with Crippen molar-refractivity contribution in [3.05, 3.63) is 53.6 Å². The van der Waals surface area contributed by atoms with Crippen LogP contribution in [-0.4, -0.2) is 29.4 Å². The van der Waals surface area contributed by atoms with Crippen LogP contribution in [0.5, 0.6) is 5.75 Å².